The maximum atomic E-state index is 12.6. The minimum absolute atomic E-state index is 0.107. The molecule has 140 valence electrons. The van der Waals surface area contributed by atoms with Crippen LogP contribution in [0.2, 0.25) is 0 Å². The van der Waals surface area contributed by atoms with E-state index in [0.29, 0.717) is 28.0 Å². The first-order chi connectivity index (χ1) is 11.9. The Morgan fingerprint density at radius 1 is 1.08 bits per heavy atom. The fourth-order valence-electron chi connectivity index (χ4n) is 2.90. The summed E-state index contributed by atoms with van der Waals surface area (Å²) in [6, 6.07) is 3.39. The second-order valence-corrected chi connectivity index (χ2v) is 6.08. The van der Waals surface area contributed by atoms with Gasteiger partial charge in [-0.05, 0) is 52.3 Å². The SMILES string of the molecule is CCOC(=O)c1cc(OC)cc(C)c1NC(=O)C[N+](CC)(CC)CC. The van der Waals surface area contributed by atoms with Gasteiger partial charge < -0.3 is 19.3 Å². The first-order valence-electron chi connectivity index (χ1n) is 8.87. The predicted molar refractivity (Wildman–Crippen MR) is 99.1 cm³/mol. The summed E-state index contributed by atoms with van der Waals surface area (Å²) >= 11 is 0. The van der Waals surface area contributed by atoms with Crippen molar-refractivity contribution in [2.45, 2.75) is 34.6 Å². The Morgan fingerprint density at radius 3 is 2.16 bits per heavy atom. The van der Waals surface area contributed by atoms with Crippen LogP contribution in [0.4, 0.5) is 5.69 Å². The molecule has 0 fully saturated rings. The van der Waals surface area contributed by atoms with Crippen molar-refractivity contribution in [1.29, 1.82) is 0 Å². The van der Waals surface area contributed by atoms with Gasteiger partial charge in [0.1, 0.15) is 5.75 Å². The number of benzene rings is 1. The number of anilines is 1. The van der Waals surface area contributed by atoms with Crippen LogP contribution in [0.3, 0.4) is 0 Å². The Balaban J connectivity index is 3.15. The summed E-state index contributed by atoms with van der Waals surface area (Å²) in [4.78, 5) is 24.9. The second kappa shape index (κ2) is 9.42. The highest BCUT2D eigenvalue weighted by Gasteiger charge is 2.26. The van der Waals surface area contributed by atoms with Gasteiger partial charge in [0.15, 0.2) is 6.54 Å². The zero-order chi connectivity index (χ0) is 19.0. The number of rotatable bonds is 9. The van der Waals surface area contributed by atoms with Gasteiger partial charge in [0.25, 0.3) is 5.91 Å². The van der Waals surface area contributed by atoms with Crippen LogP contribution in [0.15, 0.2) is 12.1 Å². The highest BCUT2D eigenvalue weighted by atomic mass is 16.5. The Kier molecular flexibility index (Phi) is 7.90. The van der Waals surface area contributed by atoms with Crippen molar-refractivity contribution >= 4 is 17.6 Å². The summed E-state index contributed by atoms with van der Waals surface area (Å²) < 4.78 is 11.1. The number of quaternary nitrogens is 1. The maximum absolute atomic E-state index is 12.6. The van der Waals surface area contributed by atoms with Gasteiger partial charge in [-0.3, -0.25) is 4.79 Å². The number of nitrogens with one attached hydrogen (secondary N) is 1. The van der Waals surface area contributed by atoms with Crippen LogP contribution in [-0.4, -0.2) is 56.3 Å². The van der Waals surface area contributed by atoms with Gasteiger partial charge >= 0.3 is 5.97 Å². The summed E-state index contributed by atoms with van der Waals surface area (Å²) in [5, 5.41) is 2.92. The van der Waals surface area contributed by atoms with E-state index >= 15 is 0 Å². The second-order valence-electron chi connectivity index (χ2n) is 6.08. The Morgan fingerprint density at radius 2 is 1.68 bits per heavy atom. The summed E-state index contributed by atoms with van der Waals surface area (Å²) in [5.41, 5.74) is 1.57. The third-order valence-corrected chi connectivity index (χ3v) is 4.80. The van der Waals surface area contributed by atoms with Gasteiger partial charge in [-0.15, -0.1) is 0 Å². The molecule has 0 heterocycles. The molecule has 1 N–H and O–H groups in total. The van der Waals surface area contributed by atoms with Crippen molar-refractivity contribution in [3.63, 3.8) is 0 Å². The number of ether oxygens (including phenoxy) is 2. The number of hydrogen-bond acceptors (Lipinski definition) is 4. The van der Waals surface area contributed by atoms with E-state index in [2.05, 4.69) is 26.1 Å². The van der Waals surface area contributed by atoms with Crippen LogP contribution < -0.4 is 10.1 Å². The van der Waals surface area contributed by atoms with E-state index in [1.807, 2.05) is 6.92 Å². The molecule has 6 heteroatoms. The highest BCUT2D eigenvalue weighted by Crippen LogP contribution is 2.28. The zero-order valence-corrected chi connectivity index (χ0v) is 16.3. The number of carbonyl (C=O) groups excluding carboxylic acids is 2. The average Bonchev–Trinajstić information content (AvgIpc) is 2.61. The lowest BCUT2D eigenvalue weighted by molar-refractivity contribution is -0.915. The van der Waals surface area contributed by atoms with E-state index < -0.39 is 5.97 Å². The number of likely N-dealkylation sites (N-methyl/N-ethyl adjacent to an activating group) is 1. The van der Waals surface area contributed by atoms with Crippen molar-refractivity contribution in [3.8, 4) is 5.75 Å². The maximum Gasteiger partial charge on any atom is 0.340 e. The monoisotopic (exact) mass is 351 g/mol. The van der Waals surface area contributed by atoms with Crippen LogP contribution in [0, 0.1) is 6.92 Å². The molecule has 0 unspecified atom stereocenters. The van der Waals surface area contributed by atoms with Crippen LogP contribution >= 0.6 is 0 Å². The van der Waals surface area contributed by atoms with Gasteiger partial charge in [-0.1, -0.05) is 0 Å². The third-order valence-electron chi connectivity index (χ3n) is 4.80. The molecule has 0 bridgehead atoms. The first kappa shape index (κ1) is 21.0. The van der Waals surface area contributed by atoms with Gasteiger partial charge in [0.05, 0.1) is 44.6 Å². The molecule has 0 atom stereocenters. The van der Waals surface area contributed by atoms with Crippen molar-refractivity contribution in [1.82, 2.24) is 0 Å². The van der Waals surface area contributed by atoms with Gasteiger partial charge in [-0.25, -0.2) is 4.79 Å². The zero-order valence-electron chi connectivity index (χ0n) is 16.3. The van der Waals surface area contributed by atoms with Crippen molar-refractivity contribution in [3.05, 3.63) is 23.3 Å². The molecule has 1 rings (SSSR count). The topological polar surface area (TPSA) is 64.6 Å². The van der Waals surface area contributed by atoms with Crippen LogP contribution in [-0.2, 0) is 9.53 Å². The van der Waals surface area contributed by atoms with Gasteiger partial charge in [0.2, 0.25) is 0 Å². The number of aryl methyl sites for hydroxylation is 1. The number of amides is 1. The molecule has 25 heavy (non-hydrogen) atoms. The number of nitrogens with zero attached hydrogens (tertiary/aromatic N) is 1. The number of methoxy groups -OCH3 is 1. The smallest absolute Gasteiger partial charge is 0.340 e. The summed E-state index contributed by atoms with van der Waals surface area (Å²) in [6.45, 7) is 13.1. The summed E-state index contributed by atoms with van der Waals surface area (Å²) in [7, 11) is 1.54. The van der Waals surface area contributed by atoms with E-state index in [1.54, 1.807) is 19.1 Å². The molecule has 1 amide bonds. The van der Waals surface area contributed by atoms with Crippen molar-refractivity contribution in [2.75, 3.05) is 45.2 Å². The fraction of sp³-hybridized carbons (Fsp3) is 0.579. The predicted octanol–water partition coefficient (Wildman–Crippen LogP) is 3.00. The van der Waals surface area contributed by atoms with Crippen LogP contribution in [0.5, 0.6) is 5.75 Å². The lowest BCUT2D eigenvalue weighted by Gasteiger charge is -2.35. The molecule has 0 saturated carbocycles. The quantitative estimate of drug-likeness (QED) is 0.549. The third kappa shape index (κ3) is 5.19. The Hall–Kier alpha value is -2.08. The molecular weight excluding hydrogens is 320 g/mol. The van der Waals surface area contributed by atoms with E-state index in [1.165, 1.54) is 7.11 Å². The molecule has 0 aliphatic carbocycles. The van der Waals surface area contributed by atoms with Gasteiger partial charge in [0, 0.05) is 0 Å². The minimum atomic E-state index is -0.470. The molecule has 0 radical (unpaired) electrons. The lowest BCUT2D eigenvalue weighted by atomic mass is 10.1. The van der Waals surface area contributed by atoms with Crippen molar-refractivity contribution < 1.29 is 23.5 Å². The van der Waals surface area contributed by atoms with Crippen LogP contribution in [0.25, 0.3) is 0 Å². The molecule has 0 spiro atoms. The lowest BCUT2D eigenvalue weighted by Crippen LogP contribution is -2.52. The van der Waals surface area contributed by atoms with Crippen LogP contribution in [0.1, 0.15) is 43.6 Å². The molecule has 0 aliphatic heterocycles. The normalized spacial score (nSPS) is 11.1. The van der Waals surface area contributed by atoms with Gasteiger partial charge in [-0.2, -0.15) is 0 Å². The Labute approximate surface area is 150 Å². The molecule has 0 aliphatic rings. The fourth-order valence-corrected chi connectivity index (χ4v) is 2.90. The van der Waals surface area contributed by atoms with E-state index in [4.69, 9.17) is 9.47 Å². The molecule has 0 saturated heterocycles. The molecule has 1 aromatic carbocycles. The number of esters is 1. The van der Waals surface area contributed by atoms with Crippen molar-refractivity contribution in [2.24, 2.45) is 0 Å². The standard InChI is InChI=1S/C19H30N2O4/c1-7-21(8-2,9-3)13-17(22)20-18-14(5)11-15(24-6)12-16(18)19(23)25-10-4/h11-12H,7-10,13H2,1-6H3/p+1. The summed E-state index contributed by atoms with van der Waals surface area (Å²) in [6.07, 6.45) is 0. The summed E-state index contributed by atoms with van der Waals surface area (Å²) in [5.74, 6) is -0.0225. The number of carbonyl (C=O) groups is 2. The minimum Gasteiger partial charge on any atom is -0.497 e. The molecular formula is C19H31N2O4+. The molecule has 1 aromatic rings. The van der Waals surface area contributed by atoms with E-state index in [0.717, 1.165) is 25.2 Å². The highest BCUT2D eigenvalue weighted by molar-refractivity contribution is 6.03. The van der Waals surface area contributed by atoms with E-state index in [9.17, 15) is 9.59 Å². The molecule has 0 aromatic heterocycles. The largest absolute Gasteiger partial charge is 0.497 e. The van der Waals surface area contributed by atoms with E-state index in [-0.39, 0.29) is 12.5 Å². The number of hydrogen-bond donors (Lipinski definition) is 1. The first-order valence-corrected chi connectivity index (χ1v) is 8.87. The average molecular weight is 351 g/mol. The molecule has 6 nitrogen and oxygen atoms in total. The Bertz CT molecular complexity index is 601.